The number of nitrogens with zero attached hydrogens (tertiary/aromatic N) is 3. The van der Waals surface area contributed by atoms with Crippen molar-refractivity contribution in [3.63, 3.8) is 0 Å². The average Bonchev–Trinajstić information content (AvgIpc) is 2.25. The fourth-order valence-corrected chi connectivity index (χ4v) is 0.781. The third-order valence-electron chi connectivity index (χ3n) is 1.45. The molecule has 1 N–H and O–H groups in total. The quantitative estimate of drug-likeness (QED) is 0.592. The van der Waals surface area contributed by atoms with Crippen molar-refractivity contribution in [2.24, 2.45) is 5.10 Å². The van der Waals surface area contributed by atoms with Crippen molar-refractivity contribution in [2.45, 2.75) is 0 Å². The van der Waals surface area contributed by atoms with Crippen LogP contribution in [0.2, 0.25) is 0 Å². The van der Waals surface area contributed by atoms with Gasteiger partial charge in [0, 0.05) is 0 Å². The van der Waals surface area contributed by atoms with E-state index < -0.39 is 17.3 Å². The number of benzene rings is 1. The average molecular weight is 206 g/mol. The van der Waals surface area contributed by atoms with Crippen LogP contribution in [0.1, 0.15) is 0 Å². The largest absolute Gasteiger partial charge is 0.273 e. The molecule has 0 aromatic heterocycles. The molecule has 1 rings (SSSR count). The van der Waals surface area contributed by atoms with Crippen LogP contribution in [0.4, 0.5) is 14.5 Å². The molecule has 1 aromatic rings. The summed E-state index contributed by atoms with van der Waals surface area (Å²) in [5.41, 5.74) is 1.37. The molecule has 0 bridgehead atoms. The number of hydrogen-bond donors (Lipinski definition) is 1. The minimum atomic E-state index is -1.11. The van der Waals surface area contributed by atoms with Gasteiger partial charge in [-0.2, -0.15) is 15.6 Å². The third-order valence-corrected chi connectivity index (χ3v) is 1.45. The Morgan fingerprint density at radius 1 is 1.27 bits per heavy atom. The molecule has 0 aliphatic rings. The fourth-order valence-electron chi connectivity index (χ4n) is 0.781. The summed E-state index contributed by atoms with van der Waals surface area (Å²) in [4.78, 5) is 0. The van der Waals surface area contributed by atoms with Gasteiger partial charge >= 0.3 is 0 Å². The maximum Gasteiger partial charge on any atom is 0.237 e. The molecule has 0 heterocycles. The number of nitrogens with one attached hydrogen (secondary N) is 1. The van der Waals surface area contributed by atoms with Crippen LogP contribution in [0.15, 0.2) is 23.3 Å². The molecule has 0 fully saturated rings. The first kappa shape index (κ1) is 10.6. The molecular formula is C9H4F2N4. The van der Waals surface area contributed by atoms with Crippen molar-refractivity contribution >= 4 is 11.4 Å². The number of hydrazone groups is 1. The van der Waals surface area contributed by atoms with Gasteiger partial charge in [0.2, 0.25) is 5.71 Å². The van der Waals surface area contributed by atoms with Gasteiger partial charge in [-0.3, -0.25) is 5.43 Å². The summed E-state index contributed by atoms with van der Waals surface area (Å²) in [6, 6.07) is 6.38. The second-order valence-electron chi connectivity index (χ2n) is 2.40. The monoisotopic (exact) mass is 206 g/mol. The van der Waals surface area contributed by atoms with Crippen molar-refractivity contribution < 1.29 is 8.78 Å². The maximum atomic E-state index is 13.0. The standard InChI is InChI=1S/C9H4F2N4/c10-7-2-1-3-8(9(7)11)15-14-6(4-12)5-13/h1-3,15H. The molecule has 6 heteroatoms. The molecule has 0 radical (unpaired) electrons. The summed E-state index contributed by atoms with van der Waals surface area (Å²) >= 11 is 0. The van der Waals surface area contributed by atoms with Crippen molar-refractivity contribution in [3.05, 3.63) is 29.8 Å². The van der Waals surface area contributed by atoms with Gasteiger partial charge in [-0.25, -0.2) is 8.78 Å². The molecule has 0 amide bonds. The summed E-state index contributed by atoms with van der Waals surface area (Å²) in [5, 5.41) is 19.9. The zero-order chi connectivity index (χ0) is 11.3. The first-order valence-electron chi connectivity index (χ1n) is 3.77. The molecule has 74 valence electrons. The van der Waals surface area contributed by atoms with E-state index in [-0.39, 0.29) is 5.69 Å². The van der Waals surface area contributed by atoms with Crippen LogP contribution in [0.5, 0.6) is 0 Å². The first-order valence-corrected chi connectivity index (χ1v) is 3.77. The van der Waals surface area contributed by atoms with Gasteiger partial charge in [0.05, 0.1) is 5.69 Å². The number of rotatable bonds is 2. The second-order valence-corrected chi connectivity index (χ2v) is 2.40. The maximum absolute atomic E-state index is 13.0. The Morgan fingerprint density at radius 2 is 1.93 bits per heavy atom. The van der Waals surface area contributed by atoms with E-state index in [1.165, 1.54) is 24.3 Å². The Kier molecular flexibility index (Phi) is 3.31. The summed E-state index contributed by atoms with van der Waals surface area (Å²) in [5.74, 6) is -2.15. The number of anilines is 1. The lowest BCUT2D eigenvalue weighted by Gasteiger charge is -2.01. The van der Waals surface area contributed by atoms with E-state index in [0.29, 0.717) is 0 Å². The molecule has 0 saturated heterocycles. The van der Waals surface area contributed by atoms with Crippen LogP contribution < -0.4 is 5.43 Å². The van der Waals surface area contributed by atoms with E-state index in [1.54, 1.807) is 0 Å². The molecule has 0 unspecified atom stereocenters. The lowest BCUT2D eigenvalue weighted by Crippen LogP contribution is -1.99. The molecular weight excluding hydrogens is 202 g/mol. The summed E-state index contributed by atoms with van der Waals surface area (Å²) < 4.78 is 25.7. The van der Waals surface area contributed by atoms with Gasteiger partial charge in [-0.15, -0.1) is 0 Å². The van der Waals surface area contributed by atoms with E-state index >= 15 is 0 Å². The first-order chi connectivity index (χ1) is 7.19. The van der Waals surface area contributed by atoms with Gasteiger partial charge in [-0.1, -0.05) is 6.07 Å². The van der Waals surface area contributed by atoms with Gasteiger partial charge in [0.15, 0.2) is 11.6 Å². The lowest BCUT2D eigenvalue weighted by molar-refractivity contribution is 0.511. The van der Waals surface area contributed by atoms with Gasteiger partial charge in [-0.05, 0) is 12.1 Å². The highest BCUT2D eigenvalue weighted by Crippen LogP contribution is 2.16. The molecule has 15 heavy (non-hydrogen) atoms. The molecule has 4 nitrogen and oxygen atoms in total. The topological polar surface area (TPSA) is 72.0 Å². The van der Waals surface area contributed by atoms with Crippen LogP contribution in [-0.4, -0.2) is 5.71 Å². The van der Waals surface area contributed by atoms with E-state index in [4.69, 9.17) is 10.5 Å². The van der Waals surface area contributed by atoms with Crippen LogP contribution in [-0.2, 0) is 0 Å². The lowest BCUT2D eigenvalue weighted by atomic mass is 10.3. The van der Waals surface area contributed by atoms with E-state index in [9.17, 15) is 8.78 Å². The summed E-state index contributed by atoms with van der Waals surface area (Å²) in [6.45, 7) is 0. The Bertz CT molecular complexity index is 466. The minimum absolute atomic E-state index is 0.238. The van der Waals surface area contributed by atoms with Crippen LogP contribution in [0, 0.1) is 34.3 Å². The molecule has 0 spiro atoms. The van der Waals surface area contributed by atoms with Crippen molar-refractivity contribution in [1.29, 1.82) is 10.5 Å². The zero-order valence-corrected chi connectivity index (χ0v) is 7.33. The Morgan fingerprint density at radius 3 is 2.53 bits per heavy atom. The smallest absolute Gasteiger partial charge is 0.237 e. The Hall–Kier alpha value is -2.47. The van der Waals surface area contributed by atoms with Gasteiger partial charge in [0.1, 0.15) is 12.1 Å². The Balaban J connectivity index is 2.93. The number of nitriles is 2. The molecule has 0 aliphatic carbocycles. The second kappa shape index (κ2) is 4.68. The highest BCUT2D eigenvalue weighted by Gasteiger charge is 2.06. The summed E-state index contributed by atoms with van der Waals surface area (Å²) in [7, 11) is 0. The molecule has 0 saturated carbocycles. The van der Waals surface area contributed by atoms with Crippen LogP contribution in [0.25, 0.3) is 0 Å². The van der Waals surface area contributed by atoms with Crippen LogP contribution >= 0.6 is 0 Å². The third kappa shape index (κ3) is 2.48. The SMILES string of the molecule is N#CC(C#N)=NNc1cccc(F)c1F. The van der Waals surface area contributed by atoms with Crippen LogP contribution in [0.3, 0.4) is 0 Å². The number of halogens is 2. The molecule has 0 atom stereocenters. The van der Waals surface area contributed by atoms with Crippen molar-refractivity contribution in [2.75, 3.05) is 5.43 Å². The van der Waals surface area contributed by atoms with Gasteiger partial charge < -0.3 is 0 Å². The fraction of sp³-hybridized carbons (Fsp3) is 0. The Labute approximate surface area is 84.1 Å². The van der Waals surface area contributed by atoms with Gasteiger partial charge in [0.25, 0.3) is 0 Å². The number of hydrogen-bond acceptors (Lipinski definition) is 4. The van der Waals surface area contributed by atoms with E-state index in [0.717, 1.165) is 6.07 Å². The minimum Gasteiger partial charge on any atom is -0.273 e. The predicted molar refractivity (Wildman–Crippen MR) is 48.6 cm³/mol. The highest BCUT2D eigenvalue weighted by molar-refractivity contribution is 6.10. The molecule has 1 aromatic carbocycles. The van der Waals surface area contributed by atoms with E-state index in [2.05, 4.69) is 10.5 Å². The normalized spacial score (nSPS) is 8.53. The molecule has 0 aliphatic heterocycles. The van der Waals surface area contributed by atoms with E-state index in [1.807, 2.05) is 0 Å². The summed E-state index contributed by atoms with van der Waals surface area (Å²) in [6.07, 6.45) is 0. The zero-order valence-electron chi connectivity index (χ0n) is 7.33. The predicted octanol–water partition coefficient (Wildman–Crippen LogP) is 1.78. The highest BCUT2D eigenvalue weighted by atomic mass is 19.2. The van der Waals surface area contributed by atoms with Crippen molar-refractivity contribution in [1.82, 2.24) is 0 Å². The van der Waals surface area contributed by atoms with Crippen molar-refractivity contribution in [3.8, 4) is 12.1 Å².